The third-order valence-electron chi connectivity index (χ3n) is 0.987. The first-order valence-electron chi connectivity index (χ1n) is 2.73. The van der Waals surface area contributed by atoms with Crippen molar-refractivity contribution in [1.82, 2.24) is 0 Å². The smallest absolute Gasteiger partial charge is 0.312 e. The second kappa shape index (κ2) is 6.91. The Kier molecular flexibility index (Phi) is 9.53. The minimum atomic E-state index is -1.86. The highest BCUT2D eigenvalue weighted by Gasteiger charge is 2.22. The average Bonchev–Trinajstić information content (AvgIpc) is 1.84. The zero-order valence-corrected chi connectivity index (χ0v) is 9.05. The lowest BCUT2D eigenvalue weighted by atomic mass is 10.6. The Hall–Kier alpha value is 1.23. The van der Waals surface area contributed by atoms with Crippen LogP contribution in [0.5, 0.6) is 0 Å². The summed E-state index contributed by atoms with van der Waals surface area (Å²) in [6.45, 7) is -1.86. The zero-order valence-electron chi connectivity index (χ0n) is 5.37. The maximum absolute atomic E-state index is 5.07. The lowest BCUT2D eigenvalue weighted by Gasteiger charge is -2.15. The quantitative estimate of drug-likeness (QED) is 0.483. The van der Waals surface area contributed by atoms with Gasteiger partial charge in [0, 0.05) is 7.11 Å². The van der Waals surface area contributed by atoms with E-state index in [1.54, 1.807) is 7.11 Å². The van der Waals surface area contributed by atoms with E-state index in [2.05, 4.69) is 36.8 Å². The third kappa shape index (κ3) is 7.34. The van der Waals surface area contributed by atoms with Crippen molar-refractivity contribution in [3.63, 3.8) is 0 Å². The standard InChI is InChI=1S/C4H12OS3Si.CH4/c1-5-9(7,8)4-2-3-6;/h6-8H,2-4H2,1H3;1H4. The van der Waals surface area contributed by atoms with Gasteiger partial charge in [0.25, 0.3) is 0 Å². The molecule has 0 rings (SSSR count). The van der Waals surface area contributed by atoms with Gasteiger partial charge >= 0.3 is 6.62 Å². The van der Waals surface area contributed by atoms with Crippen LogP contribution in [0.1, 0.15) is 13.8 Å². The van der Waals surface area contributed by atoms with Gasteiger partial charge in [-0.15, -0.1) is 0 Å². The lowest BCUT2D eigenvalue weighted by Crippen LogP contribution is -2.22. The summed E-state index contributed by atoms with van der Waals surface area (Å²) in [5.74, 6) is 0.888. The maximum Gasteiger partial charge on any atom is 0.312 e. The second-order valence-corrected chi connectivity index (χ2v) is 10.0. The molecule has 0 aromatic rings. The fraction of sp³-hybridized carbons (Fsp3) is 1.00. The fourth-order valence-electron chi connectivity index (χ4n) is 0.411. The van der Waals surface area contributed by atoms with Crippen molar-refractivity contribution in [3.05, 3.63) is 0 Å². The van der Waals surface area contributed by atoms with Gasteiger partial charge in [-0.25, -0.2) is 0 Å². The van der Waals surface area contributed by atoms with E-state index >= 15 is 0 Å². The number of rotatable bonds is 4. The average molecular weight is 216 g/mol. The molecular weight excluding hydrogens is 200 g/mol. The van der Waals surface area contributed by atoms with Gasteiger partial charge < -0.3 is 4.43 Å². The molecule has 64 valence electrons. The molecule has 0 saturated carbocycles. The van der Waals surface area contributed by atoms with Crippen molar-refractivity contribution in [1.29, 1.82) is 0 Å². The molecule has 0 heterocycles. The van der Waals surface area contributed by atoms with Crippen LogP contribution in [0, 0.1) is 0 Å². The summed E-state index contributed by atoms with van der Waals surface area (Å²) in [7, 11) is 1.66. The van der Waals surface area contributed by atoms with Crippen molar-refractivity contribution >= 4 is 43.4 Å². The van der Waals surface area contributed by atoms with Crippen molar-refractivity contribution in [3.8, 4) is 0 Å². The molecule has 0 unspecified atom stereocenters. The highest BCUT2D eigenvalue weighted by atomic mass is 32.5. The molecule has 5 heteroatoms. The van der Waals surface area contributed by atoms with Crippen LogP contribution in [-0.2, 0) is 4.43 Å². The monoisotopic (exact) mass is 216 g/mol. The van der Waals surface area contributed by atoms with Gasteiger partial charge in [-0.05, 0) is 18.2 Å². The Balaban J connectivity index is 0. The molecule has 0 fully saturated rings. The van der Waals surface area contributed by atoms with Crippen LogP contribution in [0.4, 0.5) is 0 Å². The Morgan fingerprint density at radius 2 is 1.90 bits per heavy atom. The second-order valence-electron chi connectivity index (χ2n) is 1.77. The van der Waals surface area contributed by atoms with Gasteiger partial charge in [0.15, 0.2) is 0 Å². The Bertz CT molecular complexity index is 79.3. The number of hydrogen-bond acceptors (Lipinski definition) is 4. The number of thiol groups is 3. The van der Waals surface area contributed by atoms with E-state index in [0.717, 1.165) is 18.2 Å². The summed E-state index contributed by atoms with van der Waals surface area (Å²) in [5.41, 5.74) is 0. The Morgan fingerprint density at radius 3 is 2.20 bits per heavy atom. The molecule has 0 bridgehead atoms. The molecule has 10 heavy (non-hydrogen) atoms. The predicted molar refractivity (Wildman–Crippen MR) is 60.7 cm³/mol. The van der Waals surface area contributed by atoms with Crippen LogP contribution >= 0.6 is 36.8 Å². The van der Waals surface area contributed by atoms with E-state index in [9.17, 15) is 0 Å². The summed E-state index contributed by atoms with van der Waals surface area (Å²) >= 11 is 12.6. The summed E-state index contributed by atoms with van der Waals surface area (Å²) in [6, 6.07) is 0.958. The zero-order chi connectivity index (χ0) is 7.33. The molecule has 0 spiro atoms. The summed E-state index contributed by atoms with van der Waals surface area (Å²) < 4.78 is 5.07. The fourth-order valence-corrected chi connectivity index (χ4v) is 2.66. The highest BCUT2D eigenvalue weighted by molar-refractivity contribution is 8.44. The first-order chi connectivity index (χ1) is 4.12. The van der Waals surface area contributed by atoms with Gasteiger partial charge in [0.2, 0.25) is 0 Å². The SMILES string of the molecule is C.CO[Si](S)(S)CCCS. The maximum atomic E-state index is 5.07. The first-order valence-corrected chi connectivity index (χ1v) is 8.05. The summed E-state index contributed by atoms with van der Waals surface area (Å²) in [6.07, 6.45) is 1.04. The summed E-state index contributed by atoms with van der Waals surface area (Å²) in [5, 5.41) is 0. The van der Waals surface area contributed by atoms with Gasteiger partial charge in [0.1, 0.15) is 0 Å². The molecule has 0 radical (unpaired) electrons. The Labute approximate surface area is 80.6 Å². The van der Waals surface area contributed by atoms with Crippen molar-refractivity contribution in [2.24, 2.45) is 0 Å². The Morgan fingerprint density at radius 1 is 1.40 bits per heavy atom. The van der Waals surface area contributed by atoms with Crippen molar-refractivity contribution < 1.29 is 4.43 Å². The van der Waals surface area contributed by atoms with Gasteiger partial charge in [-0.1, -0.05) is 7.43 Å². The van der Waals surface area contributed by atoms with Crippen LogP contribution in [0.25, 0.3) is 0 Å². The predicted octanol–water partition coefficient (Wildman–Crippen LogP) is 2.39. The van der Waals surface area contributed by atoms with E-state index in [0.29, 0.717) is 0 Å². The molecule has 0 N–H and O–H groups in total. The third-order valence-corrected chi connectivity index (χ3v) is 5.40. The number of hydrogen-bond donors (Lipinski definition) is 3. The van der Waals surface area contributed by atoms with E-state index in [-0.39, 0.29) is 7.43 Å². The minimum Gasteiger partial charge on any atom is -0.403 e. The van der Waals surface area contributed by atoms with Crippen molar-refractivity contribution in [2.45, 2.75) is 19.9 Å². The molecule has 0 saturated heterocycles. The molecule has 0 atom stereocenters. The van der Waals surface area contributed by atoms with Crippen LogP contribution in [0.15, 0.2) is 0 Å². The van der Waals surface area contributed by atoms with E-state index < -0.39 is 6.62 Å². The molecule has 0 aromatic heterocycles. The van der Waals surface area contributed by atoms with Crippen LogP contribution in [0.2, 0.25) is 6.04 Å². The molecule has 0 aliphatic carbocycles. The van der Waals surface area contributed by atoms with E-state index in [4.69, 9.17) is 4.43 Å². The molecule has 0 aromatic carbocycles. The molecule has 0 aliphatic heterocycles. The molecular formula is C5H16OS3Si. The van der Waals surface area contributed by atoms with Crippen molar-refractivity contribution in [2.75, 3.05) is 12.9 Å². The minimum absolute atomic E-state index is 0. The normalized spacial score (nSPS) is 10.8. The van der Waals surface area contributed by atoms with Gasteiger partial charge in [0.05, 0.1) is 0 Å². The first kappa shape index (κ1) is 13.8. The molecule has 0 aliphatic rings. The molecule has 0 amide bonds. The lowest BCUT2D eigenvalue weighted by molar-refractivity contribution is 0.430. The van der Waals surface area contributed by atoms with Crippen LogP contribution in [-0.4, -0.2) is 19.5 Å². The van der Waals surface area contributed by atoms with Crippen LogP contribution < -0.4 is 0 Å². The van der Waals surface area contributed by atoms with E-state index in [1.807, 2.05) is 0 Å². The molecule has 1 nitrogen and oxygen atoms in total. The van der Waals surface area contributed by atoms with Gasteiger partial charge in [-0.3, -0.25) is 0 Å². The summed E-state index contributed by atoms with van der Waals surface area (Å²) in [4.78, 5) is 0. The largest absolute Gasteiger partial charge is 0.403 e. The van der Waals surface area contributed by atoms with Gasteiger partial charge in [-0.2, -0.15) is 36.8 Å². The highest BCUT2D eigenvalue weighted by Crippen LogP contribution is 2.21. The van der Waals surface area contributed by atoms with E-state index in [1.165, 1.54) is 0 Å². The topological polar surface area (TPSA) is 9.23 Å². The van der Waals surface area contributed by atoms with Crippen LogP contribution in [0.3, 0.4) is 0 Å².